The van der Waals surface area contributed by atoms with Gasteiger partial charge in [-0.05, 0) is 38.8 Å². The van der Waals surface area contributed by atoms with Gasteiger partial charge in [-0.15, -0.1) is 11.3 Å². The molecule has 0 fully saturated rings. The molecule has 0 bridgehead atoms. The zero-order chi connectivity index (χ0) is 26.1. The molecule has 9 heteroatoms. The Hall–Kier alpha value is -0.870. The van der Waals surface area contributed by atoms with Crippen LogP contribution >= 0.6 is 11.3 Å². The number of ether oxygens (including phenoxy) is 3. The van der Waals surface area contributed by atoms with Crippen molar-refractivity contribution >= 4 is 21.5 Å². The minimum atomic E-state index is -4.17. The average molecular weight is 548 g/mol. The first kappa shape index (κ1) is 31.3. The molecule has 2 rings (SSSR count). The molecule has 1 aromatic rings. The van der Waals surface area contributed by atoms with Crippen molar-refractivity contribution in [3.05, 3.63) is 10.8 Å². The summed E-state index contributed by atoms with van der Waals surface area (Å²) >= 11 is 1.54. The zero-order valence-corrected chi connectivity index (χ0v) is 24.1. The van der Waals surface area contributed by atoms with Crippen molar-refractivity contribution < 1.29 is 27.2 Å². The van der Waals surface area contributed by atoms with Crippen LogP contribution in [0.4, 0.5) is 0 Å². The molecule has 0 saturated carbocycles. The van der Waals surface area contributed by atoms with E-state index >= 15 is 0 Å². The summed E-state index contributed by atoms with van der Waals surface area (Å²) in [6.07, 6.45) is 14.7. The van der Waals surface area contributed by atoms with E-state index in [4.69, 9.17) is 14.2 Å². The maximum atomic E-state index is 12.4. The normalized spacial score (nSPS) is 16.5. The third kappa shape index (κ3) is 12.6. The first-order valence-corrected chi connectivity index (χ1v) is 16.5. The largest absolute Gasteiger partial charge is 0.485 e. The maximum Gasteiger partial charge on any atom is 0.281 e. The lowest BCUT2D eigenvalue weighted by Gasteiger charge is -2.30. The Bertz CT molecular complexity index is 769. The lowest BCUT2D eigenvalue weighted by Crippen LogP contribution is -2.42. The Kier molecular flexibility index (Phi) is 16.0. The van der Waals surface area contributed by atoms with Crippen LogP contribution < -0.4 is 9.47 Å². The van der Waals surface area contributed by atoms with Gasteiger partial charge < -0.3 is 14.2 Å². The molecular formula is C27H49NO6S2. The summed E-state index contributed by atoms with van der Waals surface area (Å²) in [6.45, 7) is 7.10. The summed E-state index contributed by atoms with van der Waals surface area (Å²) in [5, 5.41) is 2.97. The molecule has 0 aromatic carbocycles. The fraction of sp³-hybridized carbons (Fsp3) is 0.852. The van der Waals surface area contributed by atoms with E-state index in [9.17, 15) is 13.0 Å². The number of rotatable bonds is 22. The summed E-state index contributed by atoms with van der Waals surface area (Å²) in [7, 11) is -4.17. The van der Waals surface area contributed by atoms with Crippen molar-refractivity contribution in [2.75, 3.05) is 32.9 Å². The van der Waals surface area contributed by atoms with E-state index in [1.165, 1.54) is 51.4 Å². The molecule has 0 spiro atoms. The molecule has 0 radical (unpaired) electrons. The lowest BCUT2D eigenvalue weighted by atomic mass is 10.1. The van der Waals surface area contributed by atoms with Crippen molar-refractivity contribution in [2.45, 2.75) is 115 Å². The predicted molar refractivity (Wildman–Crippen MR) is 148 cm³/mol. The first-order valence-electron chi connectivity index (χ1n) is 14.1. The van der Waals surface area contributed by atoms with Gasteiger partial charge in [-0.25, -0.2) is 0 Å². The van der Waals surface area contributed by atoms with Crippen LogP contribution in [-0.2, 0) is 14.9 Å². The van der Waals surface area contributed by atoms with Gasteiger partial charge in [0.05, 0.1) is 6.61 Å². The van der Waals surface area contributed by atoms with Gasteiger partial charge in [0.25, 0.3) is 10.1 Å². The second-order valence-electron chi connectivity index (χ2n) is 9.91. The summed E-state index contributed by atoms with van der Waals surface area (Å²) in [5.74, 6) is 1.54. The highest BCUT2D eigenvalue weighted by Gasteiger charge is 2.29. The van der Waals surface area contributed by atoms with Crippen LogP contribution in [0.3, 0.4) is 0 Å². The van der Waals surface area contributed by atoms with E-state index < -0.39 is 15.5 Å². The molecule has 2 unspecified atom stereocenters. The predicted octanol–water partition coefficient (Wildman–Crippen LogP) is 6.92. The van der Waals surface area contributed by atoms with E-state index in [1.807, 2.05) is 15.7 Å². The van der Waals surface area contributed by atoms with Crippen molar-refractivity contribution in [3.8, 4) is 11.5 Å². The van der Waals surface area contributed by atoms with Gasteiger partial charge in [-0.1, -0.05) is 78.1 Å². The monoisotopic (exact) mass is 547 g/mol. The molecule has 1 aliphatic heterocycles. The summed E-state index contributed by atoms with van der Waals surface area (Å²) < 4.78 is 52.1. The second-order valence-corrected chi connectivity index (χ2v) is 12.2. The fourth-order valence-corrected chi connectivity index (χ4v) is 6.35. The Morgan fingerprint density at radius 2 is 1.53 bits per heavy atom. The molecule has 0 amide bonds. The molecule has 36 heavy (non-hydrogen) atoms. The number of hydrogen-bond donors (Lipinski definition) is 1. The second kappa shape index (κ2) is 18.4. The van der Waals surface area contributed by atoms with Gasteiger partial charge in [-0.2, -0.15) is 8.42 Å². The van der Waals surface area contributed by atoms with Gasteiger partial charge in [0, 0.05) is 17.4 Å². The van der Waals surface area contributed by atoms with Crippen LogP contribution in [0.25, 0.3) is 0 Å². The van der Waals surface area contributed by atoms with Crippen LogP contribution in [0.5, 0.6) is 11.5 Å². The van der Waals surface area contributed by atoms with Crippen LogP contribution in [0.1, 0.15) is 104 Å². The van der Waals surface area contributed by atoms with Crippen LogP contribution in [0.15, 0.2) is 10.8 Å². The molecule has 1 aromatic heterocycles. The summed E-state index contributed by atoms with van der Waals surface area (Å²) in [4.78, 5) is 2.01. The van der Waals surface area contributed by atoms with Crippen molar-refractivity contribution in [1.82, 2.24) is 4.90 Å². The van der Waals surface area contributed by atoms with Gasteiger partial charge in [0.15, 0.2) is 17.6 Å². The summed E-state index contributed by atoms with van der Waals surface area (Å²) in [6, 6.07) is 0. The Labute approximate surface area is 223 Å². The van der Waals surface area contributed by atoms with E-state index in [0.717, 1.165) is 37.2 Å². The molecular weight excluding hydrogens is 498 g/mol. The first-order chi connectivity index (χ1) is 17.5. The average Bonchev–Trinajstić information content (AvgIpc) is 3.32. The van der Waals surface area contributed by atoms with Crippen molar-refractivity contribution in [2.24, 2.45) is 0 Å². The van der Waals surface area contributed by atoms with Crippen LogP contribution in [0.2, 0.25) is 0 Å². The summed E-state index contributed by atoms with van der Waals surface area (Å²) in [5.41, 5.74) is 0. The number of hydrogen-bond acceptors (Lipinski definition) is 7. The number of fused-ring (bicyclic) bond motifs is 1. The van der Waals surface area contributed by atoms with Gasteiger partial charge in [0.2, 0.25) is 0 Å². The third-order valence-electron chi connectivity index (χ3n) is 6.70. The standard InChI is InChI=1S/C27H49NO6S2/c1-3-5-7-9-11-13-17-28(18-14-12-10-8-6-4-2)27(36(29,30)31)16-15-19-32-20-24-21-33-25-22-35-23-26(25)34-24/h22-24,27H,3-21H2,1-2H3,(H,29,30,31). The van der Waals surface area contributed by atoms with Gasteiger partial charge in [-0.3, -0.25) is 9.45 Å². The van der Waals surface area contributed by atoms with Crippen molar-refractivity contribution in [1.29, 1.82) is 0 Å². The third-order valence-corrected chi connectivity index (χ3v) is 8.63. The Morgan fingerprint density at radius 3 is 2.14 bits per heavy atom. The highest BCUT2D eigenvalue weighted by molar-refractivity contribution is 7.86. The SMILES string of the molecule is CCCCCCCCN(CCCCCCCC)C(CCCOCC1COc2cscc2O1)S(=O)(=O)O. The van der Waals surface area contributed by atoms with E-state index in [-0.39, 0.29) is 6.10 Å². The number of thiophene rings is 1. The molecule has 210 valence electrons. The molecule has 7 nitrogen and oxygen atoms in total. The Balaban J connectivity index is 1.78. The van der Waals surface area contributed by atoms with Gasteiger partial charge in [0.1, 0.15) is 12.0 Å². The molecule has 0 aliphatic carbocycles. The van der Waals surface area contributed by atoms with Crippen LogP contribution in [0, 0.1) is 0 Å². The molecule has 2 heterocycles. The number of unbranched alkanes of at least 4 members (excludes halogenated alkanes) is 10. The molecule has 0 saturated heterocycles. The zero-order valence-electron chi connectivity index (χ0n) is 22.5. The molecule has 1 aliphatic rings. The van der Waals surface area contributed by atoms with E-state index in [2.05, 4.69) is 13.8 Å². The lowest BCUT2D eigenvalue weighted by molar-refractivity contribution is 0.00772. The quantitative estimate of drug-likeness (QED) is 0.125. The molecule has 2 atom stereocenters. The maximum absolute atomic E-state index is 12.4. The van der Waals surface area contributed by atoms with E-state index in [1.54, 1.807) is 11.3 Å². The van der Waals surface area contributed by atoms with E-state index in [0.29, 0.717) is 45.8 Å². The minimum absolute atomic E-state index is 0.165. The fourth-order valence-electron chi connectivity index (χ4n) is 4.63. The highest BCUT2D eigenvalue weighted by atomic mass is 32.2. The Morgan fingerprint density at radius 1 is 0.944 bits per heavy atom. The molecule has 1 N–H and O–H groups in total. The van der Waals surface area contributed by atoms with Crippen LogP contribution in [-0.4, -0.2) is 62.3 Å². The number of nitrogens with zero attached hydrogens (tertiary/aromatic N) is 1. The topological polar surface area (TPSA) is 85.3 Å². The van der Waals surface area contributed by atoms with Gasteiger partial charge >= 0.3 is 0 Å². The highest BCUT2D eigenvalue weighted by Crippen LogP contribution is 2.35. The van der Waals surface area contributed by atoms with Crippen molar-refractivity contribution in [3.63, 3.8) is 0 Å². The smallest absolute Gasteiger partial charge is 0.281 e. The minimum Gasteiger partial charge on any atom is -0.485 e.